The molecular formula is C22H25FN4O2S2. The van der Waals surface area contributed by atoms with Gasteiger partial charge in [0.25, 0.3) is 0 Å². The highest BCUT2D eigenvalue weighted by molar-refractivity contribution is 8.01. The molecule has 0 radical (unpaired) electrons. The molecule has 1 N–H and O–H groups in total. The largest absolute Gasteiger partial charge is 0.476 e. The summed E-state index contributed by atoms with van der Waals surface area (Å²) < 4.78 is 16.3. The Kier molecular flexibility index (Phi) is 6.34. The molecule has 1 aromatic carbocycles. The first-order valence-corrected chi connectivity index (χ1v) is 12.1. The van der Waals surface area contributed by atoms with Gasteiger partial charge in [0.05, 0.1) is 5.69 Å². The molecule has 3 aromatic rings. The molecule has 3 heterocycles. The van der Waals surface area contributed by atoms with Crippen molar-refractivity contribution in [1.29, 1.82) is 0 Å². The molecule has 0 amide bonds. The SMILES string of the molecule is Cc1nn(-c2nc(N3CCCCC3)c(SC(C)C)s2)c(C(=O)O)c1-c1cccc(F)c1. The van der Waals surface area contributed by atoms with Crippen LogP contribution in [0.2, 0.25) is 0 Å². The fraction of sp³-hybridized carbons (Fsp3) is 0.409. The Morgan fingerprint density at radius 3 is 2.65 bits per heavy atom. The van der Waals surface area contributed by atoms with Crippen LogP contribution in [-0.2, 0) is 0 Å². The molecule has 2 aromatic heterocycles. The number of aryl methyl sites for hydroxylation is 1. The predicted octanol–water partition coefficient (Wildman–Crippen LogP) is 5.63. The molecule has 0 atom stereocenters. The van der Waals surface area contributed by atoms with Crippen LogP contribution in [0.3, 0.4) is 0 Å². The fourth-order valence-corrected chi connectivity index (χ4v) is 6.31. The van der Waals surface area contributed by atoms with E-state index >= 15 is 0 Å². The quantitative estimate of drug-likeness (QED) is 0.481. The number of halogens is 1. The van der Waals surface area contributed by atoms with E-state index in [-0.39, 0.29) is 5.69 Å². The van der Waals surface area contributed by atoms with E-state index in [0.717, 1.165) is 36.0 Å². The Bertz CT molecular complexity index is 1100. The second-order valence-electron chi connectivity index (χ2n) is 7.86. The molecule has 0 saturated carbocycles. The first-order valence-electron chi connectivity index (χ1n) is 10.4. The monoisotopic (exact) mass is 460 g/mol. The molecule has 1 saturated heterocycles. The number of thioether (sulfide) groups is 1. The summed E-state index contributed by atoms with van der Waals surface area (Å²) in [6.07, 6.45) is 3.48. The van der Waals surface area contributed by atoms with E-state index in [1.165, 1.54) is 34.6 Å². The Labute approximate surface area is 189 Å². The van der Waals surface area contributed by atoms with Crippen LogP contribution in [0.1, 0.15) is 49.3 Å². The lowest BCUT2D eigenvalue weighted by molar-refractivity contribution is 0.0688. The number of carbonyl (C=O) groups is 1. The maximum absolute atomic E-state index is 13.8. The summed E-state index contributed by atoms with van der Waals surface area (Å²) in [6, 6.07) is 5.94. The predicted molar refractivity (Wildman–Crippen MR) is 123 cm³/mol. The van der Waals surface area contributed by atoms with Gasteiger partial charge in [-0.15, -0.1) is 11.8 Å². The minimum absolute atomic E-state index is 0.00291. The van der Waals surface area contributed by atoms with Crippen molar-refractivity contribution in [1.82, 2.24) is 14.8 Å². The molecule has 1 aliphatic rings. The third kappa shape index (κ3) is 4.48. The molecule has 6 nitrogen and oxygen atoms in total. The fourth-order valence-electron chi connectivity index (χ4n) is 3.83. The molecule has 0 unspecified atom stereocenters. The zero-order valence-corrected chi connectivity index (χ0v) is 19.4. The molecule has 9 heteroatoms. The lowest BCUT2D eigenvalue weighted by Crippen LogP contribution is -2.30. The van der Waals surface area contributed by atoms with Crippen LogP contribution in [0, 0.1) is 12.7 Å². The van der Waals surface area contributed by atoms with E-state index in [1.807, 2.05) is 0 Å². The first-order chi connectivity index (χ1) is 14.8. The van der Waals surface area contributed by atoms with Crippen molar-refractivity contribution in [3.63, 3.8) is 0 Å². The van der Waals surface area contributed by atoms with Crippen LogP contribution in [-0.4, -0.2) is 44.2 Å². The number of aromatic nitrogens is 3. The number of hydrogen-bond donors (Lipinski definition) is 1. The third-order valence-corrected chi connectivity index (χ3v) is 7.35. The Hall–Kier alpha value is -2.39. The zero-order valence-electron chi connectivity index (χ0n) is 17.8. The third-order valence-electron chi connectivity index (χ3n) is 5.12. The van der Waals surface area contributed by atoms with Crippen LogP contribution >= 0.6 is 23.1 Å². The van der Waals surface area contributed by atoms with Crippen molar-refractivity contribution in [2.75, 3.05) is 18.0 Å². The van der Waals surface area contributed by atoms with Gasteiger partial charge in [0.2, 0.25) is 5.13 Å². The standard InChI is InChI=1S/C22H25FN4O2S2/c1-13(2)30-21-19(26-10-5-4-6-11-26)24-22(31-21)27-18(20(28)29)17(14(3)25-27)15-8-7-9-16(23)12-15/h7-9,12-13H,4-6,10-11H2,1-3H3,(H,28,29). The number of carboxylic acids is 1. The number of hydrogen-bond acceptors (Lipinski definition) is 6. The molecule has 0 aliphatic carbocycles. The summed E-state index contributed by atoms with van der Waals surface area (Å²) in [6.45, 7) is 7.91. The highest BCUT2D eigenvalue weighted by Crippen LogP contribution is 2.41. The number of carboxylic acid groups (broad SMARTS) is 1. The number of piperidine rings is 1. The van der Waals surface area contributed by atoms with Crippen molar-refractivity contribution < 1.29 is 14.3 Å². The summed E-state index contributed by atoms with van der Waals surface area (Å²) in [4.78, 5) is 19.4. The van der Waals surface area contributed by atoms with Crippen LogP contribution in [0.5, 0.6) is 0 Å². The number of aromatic carboxylic acids is 1. The number of anilines is 1. The molecule has 1 aliphatic heterocycles. The summed E-state index contributed by atoms with van der Waals surface area (Å²) in [5.74, 6) is -0.624. The van der Waals surface area contributed by atoms with Gasteiger partial charge in [-0.25, -0.2) is 9.18 Å². The first kappa shape index (κ1) is 21.8. The van der Waals surface area contributed by atoms with Gasteiger partial charge < -0.3 is 10.0 Å². The zero-order chi connectivity index (χ0) is 22.1. The minimum Gasteiger partial charge on any atom is -0.476 e. The number of benzene rings is 1. The maximum Gasteiger partial charge on any atom is 0.355 e. The topological polar surface area (TPSA) is 71.2 Å². The van der Waals surface area contributed by atoms with Crippen LogP contribution in [0.25, 0.3) is 16.3 Å². The maximum atomic E-state index is 13.8. The van der Waals surface area contributed by atoms with Gasteiger partial charge >= 0.3 is 5.97 Å². The Morgan fingerprint density at radius 1 is 1.26 bits per heavy atom. The van der Waals surface area contributed by atoms with Gasteiger partial charge in [-0.05, 0) is 43.9 Å². The summed E-state index contributed by atoms with van der Waals surface area (Å²) in [5.41, 5.74) is 1.43. The summed E-state index contributed by atoms with van der Waals surface area (Å²) >= 11 is 3.19. The highest BCUT2D eigenvalue weighted by atomic mass is 32.2. The molecule has 164 valence electrons. The van der Waals surface area contributed by atoms with Crippen LogP contribution in [0.15, 0.2) is 28.5 Å². The van der Waals surface area contributed by atoms with Gasteiger partial charge in [0.15, 0.2) is 11.5 Å². The molecule has 0 spiro atoms. The van der Waals surface area contributed by atoms with Crippen molar-refractivity contribution >= 4 is 34.9 Å². The van der Waals surface area contributed by atoms with Crippen molar-refractivity contribution in [3.05, 3.63) is 41.5 Å². The molecule has 0 bridgehead atoms. The van der Waals surface area contributed by atoms with Gasteiger partial charge in [0, 0.05) is 23.9 Å². The van der Waals surface area contributed by atoms with E-state index in [9.17, 15) is 14.3 Å². The molecule has 4 rings (SSSR count). The highest BCUT2D eigenvalue weighted by Gasteiger charge is 2.28. The number of thiazole rings is 1. The number of nitrogens with zero attached hydrogens (tertiary/aromatic N) is 4. The lowest BCUT2D eigenvalue weighted by atomic mass is 10.0. The lowest BCUT2D eigenvalue weighted by Gasteiger charge is -2.27. The average molecular weight is 461 g/mol. The van der Waals surface area contributed by atoms with E-state index < -0.39 is 11.8 Å². The van der Waals surface area contributed by atoms with Gasteiger partial charge in [0.1, 0.15) is 10.0 Å². The van der Waals surface area contributed by atoms with Crippen molar-refractivity contribution in [2.24, 2.45) is 0 Å². The summed E-state index contributed by atoms with van der Waals surface area (Å²) in [7, 11) is 0. The minimum atomic E-state index is -1.12. The average Bonchev–Trinajstić information content (AvgIpc) is 3.29. The van der Waals surface area contributed by atoms with Gasteiger partial charge in [-0.2, -0.15) is 14.8 Å². The molecule has 31 heavy (non-hydrogen) atoms. The van der Waals surface area contributed by atoms with E-state index in [1.54, 1.807) is 30.8 Å². The van der Waals surface area contributed by atoms with Crippen molar-refractivity contribution in [2.45, 2.75) is 49.5 Å². The number of rotatable bonds is 6. The van der Waals surface area contributed by atoms with E-state index in [2.05, 4.69) is 23.8 Å². The van der Waals surface area contributed by atoms with Crippen LogP contribution in [0.4, 0.5) is 10.2 Å². The van der Waals surface area contributed by atoms with E-state index in [0.29, 0.717) is 27.2 Å². The second kappa shape index (κ2) is 9.00. The normalized spacial score (nSPS) is 14.4. The van der Waals surface area contributed by atoms with Crippen molar-refractivity contribution in [3.8, 4) is 16.3 Å². The second-order valence-corrected chi connectivity index (χ2v) is 10.7. The van der Waals surface area contributed by atoms with Crippen LogP contribution < -0.4 is 4.90 Å². The molecule has 1 fully saturated rings. The van der Waals surface area contributed by atoms with E-state index in [4.69, 9.17) is 4.98 Å². The molecular weight excluding hydrogens is 435 g/mol. The Morgan fingerprint density at radius 2 is 2.00 bits per heavy atom. The summed E-state index contributed by atoms with van der Waals surface area (Å²) in [5, 5.41) is 15.4. The Balaban J connectivity index is 1.85. The smallest absolute Gasteiger partial charge is 0.355 e. The van der Waals surface area contributed by atoms with Gasteiger partial charge in [-0.3, -0.25) is 0 Å². The van der Waals surface area contributed by atoms with Gasteiger partial charge in [-0.1, -0.05) is 37.3 Å².